The molecule has 0 fully saturated rings. The number of hydrogen-bond acceptors (Lipinski definition) is 1. The fourth-order valence-electron chi connectivity index (χ4n) is 4.50. The average Bonchev–Trinajstić information content (AvgIpc) is 2.80. The molecule has 0 nitrogen and oxygen atoms in total. The summed E-state index contributed by atoms with van der Waals surface area (Å²) in [7, 11) is 0. The third-order valence-corrected chi connectivity index (χ3v) is 7.88. The Balaban J connectivity index is 2.45. The molecule has 1 aromatic rings. The summed E-state index contributed by atoms with van der Waals surface area (Å²) in [5.74, 6) is 5.00. The van der Waals surface area contributed by atoms with Crippen molar-refractivity contribution >= 4 is 11.8 Å². The van der Waals surface area contributed by atoms with Crippen molar-refractivity contribution in [3.63, 3.8) is 0 Å². The van der Waals surface area contributed by atoms with Crippen molar-refractivity contribution in [3.05, 3.63) is 29.3 Å². The van der Waals surface area contributed by atoms with Crippen LogP contribution in [-0.4, -0.2) is 5.75 Å². The summed E-state index contributed by atoms with van der Waals surface area (Å²) in [4.78, 5) is 1.42. The van der Waals surface area contributed by atoms with E-state index in [4.69, 9.17) is 6.42 Å². The molecule has 1 unspecified atom stereocenters. The Bertz CT molecular complexity index is 583. The monoisotopic (exact) mass is 442 g/mol. The van der Waals surface area contributed by atoms with Crippen LogP contribution in [-0.2, 0) is 6.42 Å². The highest BCUT2D eigenvalue weighted by Gasteiger charge is 2.12. The molecule has 0 spiro atoms. The molecule has 1 aromatic carbocycles. The maximum absolute atomic E-state index is 5.74. The summed E-state index contributed by atoms with van der Waals surface area (Å²) < 4.78 is 0. The van der Waals surface area contributed by atoms with Crippen LogP contribution in [0.5, 0.6) is 0 Å². The Labute approximate surface area is 199 Å². The van der Waals surface area contributed by atoms with Crippen LogP contribution < -0.4 is 0 Å². The lowest BCUT2D eigenvalue weighted by Gasteiger charge is -2.18. The van der Waals surface area contributed by atoms with Crippen LogP contribution in [0.25, 0.3) is 0 Å². The van der Waals surface area contributed by atoms with E-state index in [0.29, 0.717) is 0 Å². The number of terminal acetylenes is 1. The van der Waals surface area contributed by atoms with Gasteiger partial charge in [-0.1, -0.05) is 123 Å². The van der Waals surface area contributed by atoms with Crippen LogP contribution >= 0.6 is 11.8 Å². The van der Waals surface area contributed by atoms with E-state index >= 15 is 0 Å². The minimum Gasteiger partial charge on any atom is -0.126 e. The predicted molar refractivity (Wildman–Crippen MR) is 143 cm³/mol. The first kappa shape index (κ1) is 28.2. The van der Waals surface area contributed by atoms with E-state index < -0.39 is 0 Å². The Kier molecular flexibility index (Phi) is 18.0. The molecule has 0 heterocycles. The Morgan fingerprint density at radius 3 is 1.74 bits per heavy atom. The molecule has 1 heteroatoms. The Hall–Kier alpha value is -0.870. The van der Waals surface area contributed by atoms with Crippen LogP contribution in [0.3, 0.4) is 0 Å². The summed E-state index contributed by atoms with van der Waals surface area (Å²) in [6.45, 7) is 6.83. The van der Waals surface area contributed by atoms with E-state index in [2.05, 4.69) is 56.7 Å². The molecule has 0 aliphatic rings. The second-order valence-electron chi connectivity index (χ2n) is 9.28. The molecular weight excluding hydrogens is 392 g/mol. The molecule has 0 aromatic heterocycles. The first-order chi connectivity index (χ1) is 15.3. The van der Waals surface area contributed by atoms with Crippen LogP contribution in [0.4, 0.5) is 0 Å². The summed E-state index contributed by atoms with van der Waals surface area (Å²) >= 11 is 2.06. The number of unbranched alkanes of at least 4 members (excludes halogenated alkanes) is 12. The van der Waals surface area contributed by atoms with Gasteiger partial charge in [0.15, 0.2) is 0 Å². The standard InChI is InChI=1S/C30H50S/c1-5-9-11-13-15-16-18-20-23-27(22-19-17-14-12-10-6-2)26-31-30-25-21-24-28(7-3)29(30)8-4/h3,21,24-25,27H,5-6,8-20,22-23,26H2,1-2,4H3. The molecule has 176 valence electrons. The van der Waals surface area contributed by atoms with E-state index in [0.717, 1.165) is 17.9 Å². The lowest BCUT2D eigenvalue weighted by molar-refractivity contribution is 0.436. The van der Waals surface area contributed by atoms with E-state index in [1.807, 2.05) is 0 Å². The van der Waals surface area contributed by atoms with Gasteiger partial charge in [-0.2, -0.15) is 0 Å². The second kappa shape index (κ2) is 19.8. The zero-order valence-corrected chi connectivity index (χ0v) is 21.8. The SMILES string of the molecule is C#Cc1cccc(SCC(CCCCCCCC)CCCCCCCCCC)c1CC. The molecule has 0 saturated carbocycles. The van der Waals surface area contributed by atoms with Gasteiger partial charge < -0.3 is 0 Å². The molecule has 0 bridgehead atoms. The molecule has 0 saturated heterocycles. The maximum Gasteiger partial charge on any atom is 0.0285 e. The van der Waals surface area contributed by atoms with E-state index in [9.17, 15) is 0 Å². The van der Waals surface area contributed by atoms with Gasteiger partial charge in [0.25, 0.3) is 0 Å². The highest BCUT2D eigenvalue weighted by atomic mass is 32.2. The number of hydrogen-bond donors (Lipinski definition) is 0. The van der Waals surface area contributed by atoms with E-state index in [-0.39, 0.29) is 0 Å². The Morgan fingerprint density at radius 2 is 1.26 bits per heavy atom. The van der Waals surface area contributed by atoms with Crippen molar-refractivity contribution in [1.29, 1.82) is 0 Å². The van der Waals surface area contributed by atoms with Gasteiger partial charge in [0.1, 0.15) is 0 Å². The van der Waals surface area contributed by atoms with Gasteiger partial charge in [0.05, 0.1) is 0 Å². The van der Waals surface area contributed by atoms with Crippen LogP contribution in [0, 0.1) is 18.3 Å². The summed E-state index contributed by atoms with van der Waals surface area (Å²) in [5, 5.41) is 0. The number of benzene rings is 1. The molecular formula is C30H50S. The van der Waals surface area contributed by atoms with Gasteiger partial charge in [-0.05, 0) is 42.9 Å². The van der Waals surface area contributed by atoms with Gasteiger partial charge in [-0.15, -0.1) is 18.2 Å². The van der Waals surface area contributed by atoms with Crippen LogP contribution in [0.1, 0.15) is 135 Å². The summed E-state index contributed by atoms with van der Waals surface area (Å²) in [6.07, 6.45) is 29.4. The highest BCUT2D eigenvalue weighted by Crippen LogP contribution is 2.31. The molecule has 0 N–H and O–H groups in total. The van der Waals surface area contributed by atoms with Crippen molar-refractivity contribution in [2.45, 2.75) is 135 Å². The quantitative estimate of drug-likeness (QED) is 0.110. The average molecular weight is 443 g/mol. The van der Waals surface area contributed by atoms with E-state index in [1.54, 1.807) is 0 Å². The first-order valence-corrected chi connectivity index (χ1v) is 14.5. The lowest BCUT2D eigenvalue weighted by Crippen LogP contribution is -2.05. The smallest absolute Gasteiger partial charge is 0.0285 e. The van der Waals surface area contributed by atoms with Crippen molar-refractivity contribution in [3.8, 4) is 12.3 Å². The fraction of sp³-hybridized carbons (Fsp3) is 0.733. The first-order valence-electron chi connectivity index (χ1n) is 13.5. The third kappa shape index (κ3) is 13.3. The molecule has 1 atom stereocenters. The molecule has 0 radical (unpaired) electrons. The third-order valence-electron chi connectivity index (χ3n) is 6.55. The van der Waals surface area contributed by atoms with Crippen LogP contribution in [0.2, 0.25) is 0 Å². The van der Waals surface area contributed by atoms with E-state index in [1.165, 1.54) is 119 Å². The number of thioether (sulfide) groups is 1. The zero-order valence-electron chi connectivity index (χ0n) is 21.0. The van der Waals surface area contributed by atoms with Crippen molar-refractivity contribution < 1.29 is 0 Å². The molecule has 0 aliphatic heterocycles. The minimum atomic E-state index is 0.857. The van der Waals surface area contributed by atoms with Gasteiger partial charge in [-0.3, -0.25) is 0 Å². The normalized spacial score (nSPS) is 12.1. The van der Waals surface area contributed by atoms with Crippen LogP contribution in [0.15, 0.2) is 23.1 Å². The lowest BCUT2D eigenvalue weighted by atomic mass is 9.95. The molecule has 0 amide bonds. The zero-order chi connectivity index (χ0) is 22.6. The fourth-order valence-corrected chi connectivity index (χ4v) is 5.85. The largest absolute Gasteiger partial charge is 0.126 e. The summed E-state index contributed by atoms with van der Waals surface area (Å²) in [6, 6.07) is 6.51. The van der Waals surface area contributed by atoms with Gasteiger partial charge in [0, 0.05) is 16.2 Å². The Morgan fingerprint density at radius 1 is 0.742 bits per heavy atom. The van der Waals surface area contributed by atoms with Crippen molar-refractivity contribution in [2.75, 3.05) is 5.75 Å². The number of rotatable bonds is 20. The molecule has 1 rings (SSSR count). The predicted octanol–water partition coefficient (Wildman–Crippen LogP) is 10.2. The van der Waals surface area contributed by atoms with Crippen molar-refractivity contribution in [2.24, 2.45) is 5.92 Å². The van der Waals surface area contributed by atoms with Gasteiger partial charge in [0.2, 0.25) is 0 Å². The molecule has 31 heavy (non-hydrogen) atoms. The van der Waals surface area contributed by atoms with Gasteiger partial charge >= 0.3 is 0 Å². The van der Waals surface area contributed by atoms with Gasteiger partial charge in [-0.25, -0.2) is 0 Å². The summed E-state index contributed by atoms with van der Waals surface area (Å²) in [5.41, 5.74) is 2.46. The minimum absolute atomic E-state index is 0.857. The van der Waals surface area contributed by atoms with Crippen molar-refractivity contribution in [1.82, 2.24) is 0 Å². The molecule has 0 aliphatic carbocycles. The highest BCUT2D eigenvalue weighted by molar-refractivity contribution is 7.99. The topological polar surface area (TPSA) is 0 Å². The second-order valence-corrected chi connectivity index (χ2v) is 10.3. The maximum atomic E-state index is 5.74.